The van der Waals surface area contributed by atoms with Gasteiger partial charge < -0.3 is 10.2 Å². The van der Waals surface area contributed by atoms with Gasteiger partial charge in [-0.2, -0.15) is 5.48 Å². The van der Waals surface area contributed by atoms with E-state index in [1.165, 1.54) is 0 Å². The van der Waals surface area contributed by atoms with E-state index >= 15 is 0 Å². The molecule has 4 fully saturated rings. The molecule has 3 aliphatic carbocycles. The molecule has 1 aliphatic heterocycles. The van der Waals surface area contributed by atoms with E-state index < -0.39 is 9.84 Å². The Morgan fingerprint density at radius 3 is 2.11 bits per heavy atom. The second-order valence-corrected chi connectivity index (χ2v) is 13.9. The number of carbonyl (C=O) groups excluding carboxylic acids is 2. The summed E-state index contributed by atoms with van der Waals surface area (Å²) in [6, 6.07) is 0.285. The Balaban J connectivity index is 1.17. The standard InChI is InChI=1S/C26H45N3O5S/c1-4-29(25-17(2)28-34-18(25)3)26(31)21-9-11-22(12-10-21)27-24(30)15-19-7-13-23(14-8-19)35(32,33)16-20-5-6-20/h17-23,25,28H,4-16H2,1-3H3,(H,27,30). The zero-order valence-corrected chi connectivity index (χ0v) is 22.5. The number of hydrogen-bond acceptors (Lipinski definition) is 6. The SMILES string of the molecule is CCN(C(=O)C1CCC(NC(=O)CC2CCC(S(=O)(=O)CC3CC3)CC2)CC1)C1C(C)NOC1C. The fourth-order valence-electron chi connectivity index (χ4n) is 6.51. The molecule has 8 nitrogen and oxygen atoms in total. The maximum atomic E-state index is 13.3. The van der Waals surface area contributed by atoms with Gasteiger partial charge in [0.25, 0.3) is 0 Å². The van der Waals surface area contributed by atoms with Crippen LogP contribution in [0.3, 0.4) is 0 Å². The second-order valence-electron chi connectivity index (χ2n) is 11.6. The second kappa shape index (κ2) is 11.5. The van der Waals surface area contributed by atoms with Crippen molar-refractivity contribution in [2.45, 2.75) is 121 Å². The third-order valence-electron chi connectivity index (χ3n) is 8.80. The van der Waals surface area contributed by atoms with Gasteiger partial charge in [0.15, 0.2) is 9.84 Å². The van der Waals surface area contributed by atoms with Crippen molar-refractivity contribution >= 4 is 21.7 Å². The van der Waals surface area contributed by atoms with Gasteiger partial charge in [-0.15, -0.1) is 0 Å². The average molecular weight is 512 g/mol. The van der Waals surface area contributed by atoms with E-state index in [4.69, 9.17) is 4.84 Å². The zero-order valence-electron chi connectivity index (χ0n) is 21.7. The van der Waals surface area contributed by atoms with Crippen LogP contribution in [-0.2, 0) is 24.3 Å². The van der Waals surface area contributed by atoms with Gasteiger partial charge in [0.05, 0.1) is 29.2 Å². The molecule has 35 heavy (non-hydrogen) atoms. The van der Waals surface area contributed by atoms with Crippen molar-refractivity contribution in [2.75, 3.05) is 12.3 Å². The van der Waals surface area contributed by atoms with Gasteiger partial charge in [0.2, 0.25) is 11.8 Å². The van der Waals surface area contributed by atoms with E-state index in [2.05, 4.69) is 17.7 Å². The molecule has 4 rings (SSSR count). The van der Waals surface area contributed by atoms with Crippen molar-refractivity contribution in [1.82, 2.24) is 15.7 Å². The Labute approximate surface area is 211 Å². The van der Waals surface area contributed by atoms with E-state index in [0.717, 1.165) is 51.4 Å². The lowest BCUT2D eigenvalue weighted by Crippen LogP contribution is -2.52. The van der Waals surface area contributed by atoms with Crippen molar-refractivity contribution in [3.63, 3.8) is 0 Å². The van der Waals surface area contributed by atoms with Crippen LogP contribution >= 0.6 is 0 Å². The molecule has 0 spiro atoms. The minimum absolute atomic E-state index is 0.0102. The van der Waals surface area contributed by atoms with Crippen molar-refractivity contribution in [1.29, 1.82) is 0 Å². The van der Waals surface area contributed by atoms with Crippen molar-refractivity contribution in [3.05, 3.63) is 0 Å². The largest absolute Gasteiger partial charge is 0.353 e. The van der Waals surface area contributed by atoms with Crippen molar-refractivity contribution in [2.24, 2.45) is 17.8 Å². The van der Waals surface area contributed by atoms with Crippen LogP contribution in [0, 0.1) is 17.8 Å². The van der Waals surface area contributed by atoms with Gasteiger partial charge >= 0.3 is 0 Å². The number of likely N-dealkylation sites (N-methyl/N-ethyl adjacent to an activating group) is 1. The first-order chi connectivity index (χ1) is 16.7. The molecule has 9 heteroatoms. The summed E-state index contributed by atoms with van der Waals surface area (Å²) in [5.41, 5.74) is 3.00. The zero-order chi connectivity index (χ0) is 25.2. The molecule has 3 atom stereocenters. The quantitative estimate of drug-likeness (QED) is 0.493. The average Bonchev–Trinajstić information content (AvgIpc) is 3.58. The Bertz CT molecular complexity index is 835. The minimum Gasteiger partial charge on any atom is -0.353 e. The van der Waals surface area contributed by atoms with Gasteiger partial charge in [0, 0.05) is 24.9 Å². The van der Waals surface area contributed by atoms with Crippen LogP contribution < -0.4 is 10.8 Å². The number of hydrogen-bond donors (Lipinski definition) is 2. The summed E-state index contributed by atoms with van der Waals surface area (Å²) in [6.07, 6.45) is 8.90. The number of sulfone groups is 1. The molecule has 3 saturated carbocycles. The van der Waals surface area contributed by atoms with Gasteiger partial charge in [-0.3, -0.25) is 14.4 Å². The molecule has 1 saturated heterocycles. The third kappa shape index (κ3) is 6.77. The van der Waals surface area contributed by atoms with E-state index in [-0.39, 0.29) is 53.1 Å². The van der Waals surface area contributed by atoms with Crippen LogP contribution in [0.5, 0.6) is 0 Å². The molecule has 0 aromatic heterocycles. The van der Waals surface area contributed by atoms with Crippen LogP contribution in [0.2, 0.25) is 0 Å². The molecule has 1 heterocycles. The summed E-state index contributed by atoms with van der Waals surface area (Å²) < 4.78 is 25.1. The normalized spacial score (nSPS) is 36.0. The molecule has 0 aromatic rings. The van der Waals surface area contributed by atoms with Crippen LogP contribution in [-0.4, -0.2) is 66.9 Å². The number of amides is 2. The minimum atomic E-state index is -2.97. The fraction of sp³-hybridized carbons (Fsp3) is 0.923. The highest BCUT2D eigenvalue weighted by Gasteiger charge is 2.41. The highest BCUT2D eigenvalue weighted by molar-refractivity contribution is 7.92. The smallest absolute Gasteiger partial charge is 0.226 e. The predicted molar refractivity (Wildman–Crippen MR) is 135 cm³/mol. The summed E-state index contributed by atoms with van der Waals surface area (Å²) in [5, 5.41) is 3.00. The number of carbonyl (C=O) groups is 2. The van der Waals surface area contributed by atoms with Crippen molar-refractivity contribution in [3.8, 4) is 0 Å². The molecule has 0 radical (unpaired) electrons. The molecule has 0 aromatic carbocycles. The highest BCUT2D eigenvalue weighted by atomic mass is 32.2. The summed E-state index contributed by atoms with van der Waals surface area (Å²) in [7, 11) is -2.97. The molecular weight excluding hydrogens is 466 g/mol. The van der Waals surface area contributed by atoms with Gasteiger partial charge in [0.1, 0.15) is 0 Å². The predicted octanol–water partition coefficient (Wildman–Crippen LogP) is 2.96. The van der Waals surface area contributed by atoms with Crippen LogP contribution in [0.25, 0.3) is 0 Å². The Kier molecular flexibility index (Phi) is 8.80. The summed E-state index contributed by atoms with van der Waals surface area (Å²) in [5.74, 6) is 1.35. The van der Waals surface area contributed by atoms with Gasteiger partial charge in [-0.25, -0.2) is 8.42 Å². The molecule has 2 N–H and O–H groups in total. The number of nitrogens with zero attached hydrogens (tertiary/aromatic N) is 1. The third-order valence-corrected chi connectivity index (χ3v) is 11.2. The lowest BCUT2D eigenvalue weighted by molar-refractivity contribution is -0.140. The first-order valence-corrected chi connectivity index (χ1v) is 15.6. The Morgan fingerprint density at radius 1 is 0.943 bits per heavy atom. The Hall–Kier alpha value is -1.19. The number of hydroxylamine groups is 1. The fourth-order valence-corrected chi connectivity index (χ4v) is 8.76. The summed E-state index contributed by atoms with van der Waals surface area (Å²) in [4.78, 5) is 33.5. The molecule has 200 valence electrons. The lowest BCUT2D eigenvalue weighted by atomic mass is 9.83. The Morgan fingerprint density at radius 2 is 1.57 bits per heavy atom. The number of rotatable bonds is 9. The van der Waals surface area contributed by atoms with Crippen LogP contribution in [0.1, 0.15) is 91.4 Å². The molecular formula is C26H45N3O5S. The topological polar surface area (TPSA) is 105 Å². The molecule has 4 aliphatic rings. The van der Waals surface area contributed by atoms with Crippen LogP contribution in [0.4, 0.5) is 0 Å². The monoisotopic (exact) mass is 511 g/mol. The van der Waals surface area contributed by atoms with Gasteiger partial charge in [-0.05, 0) is 96.8 Å². The van der Waals surface area contributed by atoms with Crippen LogP contribution in [0.15, 0.2) is 0 Å². The van der Waals surface area contributed by atoms with E-state index in [1.54, 1.807) is 0 Å². The molecule has 2 amide bonds. The maximum absolute atomic E-state index is 13.3. The summed E-state index contributed by atoms with van der Waals surface area (Å²) in [6.45, 7) is 6.75. The van der Waals surface area contributed by atoms with E-state index in [0.29, 0.717) is 37.5 Å². The lowest BCUT2D eigenvalue weighted by Gasteiger charge is -2.36. The molecule has 0 bridgehead atoms. The number of nitrogens with one attached hydrogen (secondary N) is 2. The first-order valence-electron chi connectivity index (χ1n) is 13.9. The molecule has 3 unspecified atom stereocenters. The summed E-state index contributed by atoms with van der Waals surface area (Å²) >= 11 is 0. The van der Waals surface area contributed by atoms with Gasteiger partial charge in [-0.1, -0.05) is 0 Å². The van der Waals surface area contributed by atoms with E-state index in [1.807, 2.05) is 18.7 Å². The highest BCUT2D eigenvalue weighted by Crippen LogP contribution is 2.36. The first kappa shape index (κ1) is 26.9. The van der Waals surface area contributed by atoms with Crippen molar-refractivity contribution < 1.29 is 22.8 Å². The van der Waals surface area contributed by atoms with E-state index in [9.17, 15) is 18.0 Å². The maximum Gasteiger partial charge on any atom is 0.226 e.